The summed E-state index contributed by atoms with van der Waals surface area (Å²) in [6.07, 6.45) is 1.36. The first-order valence-electron chi connectivity index (χ1n) is 8.48. The van der Waals surface area contributed by atoms with E-state index in [0.29, 0.717) is 11.7 Å². The molecule has 2 aliphatic rings. The molecular weight excluding hydrogens is 321 g/mol. The third-order valence-corrected chi connectivity index (χ3v) is 5.14. The van der Waals surface area contributed by atoms with E-state index in [0.717, 1.165) is 18.5 Å². The largest absolute Gasteiger partial charge is 0.393 e. The van der Waals surface area contributed by atoms with Crippen LogP contribution in [0.25, 0.3) is 0 Å². The monoisotopic (exact) mass is 344 g/mol. The number of hydrogen-bond donors (Lipinski definition) is 2. The summed E-state index contributed by atoms with van der Waals surface area (Å²) in [4.78, 5) is 12.3. The van der Waals surface area contributed by atoms with Crippen LogP contribution >= 0.6 is 0 Å². The molecule has 0 aromatic carbocycles. The Balaban J connectivity index is 1.69. The summed E-state index contributed by atoms with van der Waals surface area (Å²) >= 11 is 0. The molecule has 0 bridgehead atoms. The van der Waals surface area contributed by atoms with Crippen molar-refractivity contribution < 1.29 is 18.0 Å². The van der Waals surface area contributed by atoms with Crippen molar-refractivity contribution >= 4 is 11.7 Å². The topological polar surface area (TPSA) is 59.0 Å². The summed E-state index contributed by atoms with van der Waals surface area (Å²) in [5.74, 6) is -2.48. The van der Waals surface area contributed by atoms with E-state index in [9.17, 15) is 18.0 Å². The van der Waals surface area contributed by atoms with Crippen LogP contribution in [0.3, 0.4) is 0 Å². The highest BCUT2D eigenvalue weighted by molar-refractivity contribution is 5.92. The Bertz CT molecular complexity index is 593. The molecule has 24 heavy (non-hydrogen) atoms. The highest BCUT2D eigenvalue weighted by Crippen LogP contribution is 2.36. The van der Waals surface area contributed by atoms with Crippen molar-refractivity contribution in [2.75, 3.05) is 18.4 Å². The Kier molecular flexibility index (Phi) is 4.85. The fourth-order valence-electron chi connectivity index (χ4n) is 3.72. The van der Waals surface area contributed by atoms with Crippen molar-refractivity contribution in [1.29, 1.82) is 0 Å². The number of halogens is 3. The molecule has 1 amide bonds. The molecule has 2 atom stereocenters. The lowest BCUT2D eigenvalue weighted by molar-refractivity contribution is -0.181. The number of amides is 1. The Morgan fingerprint density at radius 3 is 2.67 bits per heavy atom. The number of hydrogen-bond acceptors (Lipinski definition) is 3. The van der Waals surface area contributed by atoms with Gasteiger partial charge in [-0.2, -0.15) is 18.3 Å². The van der Waals surface area contributed by atoms with Gasteiger partial charge in [0.25, 0.3) is 0 Å². The number of carbonyl (C=O) groups excluding carboxylic acids is 1. The van der Waals surface area contributed by atoms with Crippen molar-refractivity contribution in [3.05, 3.63) is 11.8 Å². The summed E-state index contributed by atoms with van der Waals surface area (Å²) in [5.41, 5.74) is 0.921. The van der Waals surface area contributed by atoms with Gasteiger partial charge in [-0.15, -0.1) is 0 Å². The smallest absolute Gasteiger partial charge is 0.315 e. The van der Waals surface area contributed by atoms with E-state index in [1.54, 1.807) is 17.8 Å². The fourth-order valence-corrected chi connectivity index (χ4v) is 3.72. The second-order valence-electron chi connectivity index (χ2n) is 6.82. The quantitative estimate of drug-likeness (QED) is 0.886. The summed E-state index contributed by atoms with van der Waals surface area (Å²) in [5, 5.41) is 9.75. The maximum atomic E-state index is 13.0. The van der Waals surface area contributed by atoms with Gasteiger partial charge in [0.1, 0.15) is 5.82 Å². The molecule has 8 heteroatoms. The molecule has 2 heterocycles. The summed E-state index contributed by atoms with van der Waals surface area (Å²) in [6, 6.07) is 1.80. The molecule has 1 aliphatic carbocycles. The van der Waals surface area contributed by atoms with Crippen LogP contribution in [0.1, 0.15) is 43.7 Å². The first-order valence-corrected chi connectivity index (χ1v) is 8.48. The second kappa shape index (κ2) is 6.74. The van der Waals surface area contributed by atoms with Crippen molar-refractivity contribution in [3.8, 4) is 0 Å². The van der Waals surface area contributed by atoms with Gasteiger partial charge in [0.15, 0.2) is 0 Å². The maximum Gasteiger partial charge on any atom is 0.393 e. The minimum absolute atomic E-state index is 0.0450. The lowest BCUT2D eigenvalue weighted by Crippen LogP contribution is -2.37. The zero-order chi connectivity index (χ0) is 17.3. The van der Waals surface area contributed by atoms with E-state index in [4.69, 9.17) is 0 Å². The molecule has 2 N–H and O–H groups in total. The number of aromatic nitrogens is 2. The Labute approximate surface area is 139 Å². The average Bonchev–Trinajstić information content (AvgIpc) is 3.15. The molecule has 0 spiro atoms. The third-order valence-electron chi connectivity index (χ3n) is 5.14. The number of rotatable bonds is 3. The molecule has 1 saturated heterocycles. The van der Waals surface area contributed by atoms with Crippen molar-refractivity contribution in [2.45, 2.75) is 44.2 Å². The first-order chi connectivity index (χ1) is 11.4. The van der Waals surface area contributed by atoms with Gasteiger partial charge >= 0.3 is 6.18 Å². The molecule has 3 rings (SSSR count). The van der Waals surface area contributed by atoms with Gasteiger partial charge < -0.3 is 10.6 Å². The Hall–Kier alpha value is -1.57. The van der Waals surface area contributed by atoms with Crippen LogP contribution in [0.2, 0.25) is 0 Å². The van der Waals surface area contributed by atoms with Gasteiger partial charge in [0, 0.05) is 32.1 Å². The number of carbonyl (C=O) groups is 1. The molecule has 0 radical (unpaired) electrons. The van der Waals surface area contributed by atoms with Gasteiger partial charge in [0.05, 0.1) is 17.5 Å². The van der Waals surface area contributed by atoms with Crippen LogP contribution in [0, 0.1) is 11.8 Å². The van der Waals surface area contributed by atoms with Crippen LogP contribution < -0.4 is 10.6 Å². The molecule has 1 aromatic heterocycles. The van der Waals surface area contributed by atoms with Crippen LogP contribution in [-0.2, 0) is 11.8 Å². The predicted octanol–water partition coefficient (Wildman–Crippen LogP) is 2.80. The third kappa shape index (κ3) is 3.58. The van der Waals surface area contributed by atoms with E-state index < -0.39 is 23.9 Å². The normalized spacial score (nSPS) is 25.8. The number of anilines is 1. The van der Waals surface area contributed by atoms with Crippen molar-refractivity contribution in [3.63, 3.8) is 0 Å². The Morgan fingerprint density at radius 1 is 1.29 bits per heavy atom. The highest BCUT2D eigenvalue weighted by Gasteiger charge is 2.49. The van der Waals surface area contributed by atoms with E-state index >= 15 is 0 Å². The minimum atomic E-state index is -4.37. The van der Waals surface area contributed by atoms with E-state index in [1.807, 2.05) is 0 Å². The lowest BCUT2D eigenvalue weighted by Gasteiger charge is -2.20. The number of aryl methyl sites for hydroxylation is 1. The molecule has 0 unspecified atom stereocenters. The Morgan fingerprint density at radius 2 is 2.00 bits per heavy atom. The van der Waals surface area contributed by atoms with Gasteiger partial charge in [0.2, 0.25) is 5.91 Å². The molecular formula is C16H23F3N4O. The van der Waals surface area contributed by atoms with Crippen LogP contribution in [0.5, 0.6) is 0 Å². The second-order valence-corrected chi connectivity index (χ2v) is 6.82. The van der Waals surface area contributed by atoms with Crippen molar-refractivity contribution in [1.82, 2.24) is 15.1 Å². The summed E-state index contributed by atoms with van der Waals surface area (Å²) in [7, 11) is 1.70. The SMILES string of the molecule is Cn1nc(C2CCCCC2)cc1NC(=O)[C@@H]1CNC[C@H]1C(F)(F)F. The van der Waals surface area contributed by atoms with Gasteiger partial charge in [-0.1, -0.05) is 19.3 Å². The molecule has 2 fully saturated rings. The molecule has 1 aromatic rings. The molecule has 134 valence electrons. The fraction of sp³-hybridized carbons (Fsp3) is 0.750. The summed E-state index contributed by atoms with van der Waals surface area (Å²) in [6.45, 7) is -0.163. The summed E-state index contributed by atoms with van der Waals surface area (Å²) < 4.78 is 40.5. The van der Waals surface area contributed by atoms with Crippen LogP contribution in [0.4, 0.5) is 19.0 Å². The van der Waals surface area contributed by atoms with Gasteiger partial charge in [-0.3, -0.25) is 9.48 Å². The zero-order valence-corrected chi connectivity index (χ0v) is 13.7. The lowest BCUT2D eigenvalue weighted by atomic mass is 9.87. The van der Waals surface area contributed by atoms with Crippen LogP contribution in [-0.4, -0.2) is 35.0 Å². The standard InChI is InChI=1S/C16H23F3N4O/c1-23-14(7-13(22-23)10-5-3-2-4-6-10)21-15(24)11-8-20-9-12(11)16(17,18)19/h7,10-12,20H,2-6,8-9H2,1H3,(H,21,24)/t11-,12-/m1/s1. The van der Waals surface area contributed by atoms with E-state index in [2.05, 4.69) is 15.7 Å². The maximum absolute atomic E-state index is 13.0. The van der Waals surface area contributed by atoms with E-state index in [1.165, 1.54) is 19.3 Å². The van der Waals surface area contributed by atoms with Crippen LogP contribution in [0.15, 0.2) is 6.07 Å². The van der Waals surface area contributed by atoms with Crippen molar-refractivity contribution in [2.24, 2.45) is 18.9 Å². The first kappa shape index (κ1) is 17.3. The molecule has 5 nitrogen and oxygen atoms in total. The molecule has 1 aliphatic heterocycles. The zero-order valence-electron chi connectivity index (χ0n) is 13.7. The average molecular weight is 344 g/mol. The molecule has 1 saturated carbocycles. The minimum Gasteiger partial charge on any atom is -0.315 e. The van der Waals surface area contributed by atoms with E-state index in [-0.39, 0.29) is 13.1 Å². The van der Waals surface area contributed by atoms with Gasteiger partial charge in [-0.25, -0.2) is 0 Å². The number of alkyl halides is 3. The van der Waals surface area contributed by atoms with Gasteiger partial charge in [-0.05, 0) is 12.8 Å². The highest BCUT2D eigenvalue weighted by atomic mass is 19.4. The number of nitrogens with one attached hydrogen (secondary N) is 2. The number of nitrogens with zero attached hydrogens (tertiary/aromatic N) is 2. The predicted molar refractivity (Wildman–Crippen MR) is 83.6 cm³/mol.